The summed E-state index contributed by atoms with van der Waals surface area (Å²) in [4.78, 5) is 46.7. The van der Waals surface area contributed by atoms with Crippen molar-refractivity contribution in [2.24, 2.45) is 0 Å². The standard InChI is InChI=1S/C35H37ClN4O5/c1-21(37-33(42)44-20-27-25-14-7-5-12-23(25)24-13-6-8-15-26(24)27)31-38-29-17-9-16-28(36)30(29)32(41)40(31)22-11-10-18-39(19-22)34(43)45-35(2,3)4/h5-9,12-17,21-22,27H,10-11,18-20H2,1-4H3,(H,37,42)/t21-,22-/m0/s1. The number of likely N-dealkylation sites (tertiary alicyclic amines) is 1. The number of alkyl carbamates (subject to hydrolysis) is 1. The first-order valence-electron chi connectivity index (χ1n) is 15.3. The minimum absolute atomic E-state index is 0.0846. The summed E-state index contributed by atoms with van der Waals surface area (Å²) in [5.41, 5.74) is 3.99. The summed E-state index contributed by atoms with van der Waals surface area (Å²) < 4.78 is 13.0. The molecule has 0 unspecified atom stereocenters. The number of nitrogens with zero attached hydrogens (tertiary/aromatic N) is 3. The van der Waals surface area contributed by atoms with Crippen LogP contribution < -0.4 is 10.9 Å². The van der Waals surface area contributed by atoms with Gasteiger partial charge in [0.1, 0.15) is 18.0 Å². The highest BCUT2D eigenvalue weighted by Crippen LogP contribution is 2.44. The van der Waals surface area contributed by atoms with Crippen molar-refractivity contribution < 1.29 is 19.1 Å². The number of piperidine rings is 1. The van der Waals surface area contributed by atoms with Crippen molar-refractivity contribution in [3.63, 3.8) is 0 Å². The van der Waals surface area contributed by atoms with Crippen LogP contribution in [0.4, 0.5) is 9.59 Å². The molecule has 4 aromatic rings. The summed E-state index contributed by atoms with van der Waals surface area (Å²) >= 11 is 6.49. The molecule has 6 rings (SSSR count). The first-order chi connectivity index (χ1) is 21.5. The van der Waals surface area contributed by atoms with E-state index in [0.29, 0.717) is 41.1 Å². The zero-order chi connectivity index (χ0) is 31.9. The highest BCUT2D eigenvalue weighted by atomic mass is 35.5. The number of hydrogen-bond acceptors (Lipinski definition) is 6. The molecule has 2 atom stereocenters. The SMILES string of the molecule is C[C@H](NC(=O)OCC1c2ccccc2-c2ccccc21)c1nc2cccc(Cl)c2c(=O)n1[C@H]1CCCN(C(=O)OC(C)(C)C)C1. The maximum Gasteiger partial charge on any atom is 0.410 e. The predicted molar refractivity (Wildman–Crippen MR) is 174 cm³/mol. The molecule has 1 fully saturated rings. The van der Waals surface area contributed by atoms with E-state index in [0.717, 1.165) is 22.3 Å². The molecule has 9 nitrogen and oxygen atoms in total. The first-order valence-corrected chi connectivity index (χ1v) is 15.7. The average Bonchev–Trinajstić information content (AvgIpc) is 3.32. The summed E-state index contributed by atoms with van der Waals surface area (Å²) in [7, 11) is 0. The van der Waals surface area contributed by atoms with Gasteiger partial charge in [0, 0.05) is 19.0 Å². The zero-order valence-corrected chi connectivity index (χ0v) is 26.6. The molecule has 1 N–H and O–H groups in total. The second-order valence-corrected chi connectivity index (χ2v) is 13.1. The maximum atomic E-state index is 14.1. The van der Waals surface area contributed by atoms with Crippen LogP contribution in [0.2, 0.25) is 5.02 Å². The van der Waals surface area contributed by atoms with Crippen LogP contribution in [0.25, 0.3) is 22.0 Å². The van der Waals surface area contributed by atoms with E-state index in [1.807, 2.05) is 45.0 Å². The molecule has 0 bridgehead atoms. The van der Waals surface area contributed by atoms with Crippen LogP contribution in [0.3, 0.4) is 0 Å². The van der Waals surface area contributed by atoms with Gasteiger partial charge in [-0.15, -0.1) is 0 Å². The molecule has 1 aromatic heterocycles. The number of carbonyl (C=O) groups is 2. The number of hydrogen-bond donors (Lipinski definition) is 1. The molecule has 0 spiro atoms. The Bertz CT molecular complexity index is 1790. The Morgan fingerprint density at radius 3 is 2.36 bits per heavy atom. The minimum atomic E-state index is -0.686. The fourth-order valence-electron chi connectivity index (χ4n) is 6.42. The van der Waals surface area contributed by atoms with Crippen molar-refractivity contribution >= 4 is 34.7 Å². The van der Waals surface area contributed by atoms with Gasteiger partial charge >= 0.3 is 12.2 Å². The molecule has 45 heavy (non-hydrogen) atoms. The Labute approximate surface area is 267 Å². The van der Waals surface area contributed by atoms with Crippen molar-refractivity contribution in [2.75, 3.05) is 19.7 Å². The highest BCUT2D eigenvalue weighted by molar-refractivity contribution is 6.35. The number of ether oxygens (including phenoxy) is 2. The largest absolute Gasteiger partial charge is 0.449 e. The summed E-state index contributed by atoms with van der Waals surface area (Å²) in [5.74, 6) is 0.276. The number of rotatable bonds is 5. The van der Waals surface area contributed by atoms with E-state index in [1.165, 1.54) is 0 Å². The molecule has 2 heterocycles. The normalized spacial score (nSPS) is 17.0. The van der Waals surface area contributed by atoms with Gasteiger partial charge in [0.05, 0.1) is 28.0 Å². The summed E-state index contributed by atoms with van der Waals surface area (Å²) in [6.45, 7) is 8.17. The Morgan fingerprint density at radius 1 is 1.02 bits per heavy atom. The second-order valence-electron chi connectivity index (χ2n) is 12.7. The molecule has 1 aliphatic heterocycles. The molecule has 1 saturated heterocycles. The molecule has 10 heteroatoms. The smallest absolute Gasteiger partial charge is 0.410 e. The number of nitrogens with one attached hydrogen (secondary N) is 1. The van der Waals surface area contributed by atoms with Crippen LogP contribution >= 0.6 is 11.6 Å². The van der Waals surface area contributed by atoms with Crippen LogP contribution in [0.5, 0.6) is 0 Å². The van der Waals surface area contributed by atoms with E-state index in [-0.39, 0.29) is 24.6 Å². The second kappa shape index (κ2) is 12.2. The highest BCUT2D eigenvalue weighted by Gasteiger charge is 2.33. The van der Waals surface area contributed by atoms with Gasteiger partial charge in [0.25, 0.3) is 5.56 Å². The third-order valence-electron chi connectivity index (χ3n) is 8.38. The molecular formula is C35H37ClN4O5. The van der Waals surface area contributed by atoms with Crippen molar-refractivity contribution in [2.45, 2.75) is 64.1 Å². The Morgan fingerprint density at radius 2 is 1.69 bits per heavy atom. The monoisotopic (exact) mass is 628 g/mol. The molecule has 0 saturated carbocycles. The van der Waals surface area contributed by atoms with Crippen LogP contribution in [-0.4, -0.2) is 51.9 Å². The molecule has 1 aliphatic carbocycles. The van der Waals surface area contributed by atoms with Crippen molar-refractivity contribution in [1.82, 2.24) is 19.8 Å². The average molecular weight is 629 g/mol. The summed E-state index contributed by atoms with van der Waals surface area (Å²) in [6, 6.07) is 20.3. The van der Waals surface area contributed by atoms with Gasteiger partial charge in [-0.05, 0) is 74.9 Å². The molecule has 234 valence electrons. The number of carbonyl (C=O) groups excluding carboxylic acids is 2. The number of halogens is 1. The lowest BCUT2D eigenvalue weighted by atomic mass is 9.98. The topological polar surface area (TPSA) is 103 Å². The van der Waals surface area contributed by atoms with Crippen LogP contribution in [0.15, 0.2) is 71.5 Å². The molecule has 0 radical (unpaired) electrons. The van der Waals surface area contributed by atoms with Crippen molar-refractivity contribution in [3.8, 4) is 11.1 Å². The van der Waals surface area contributed by atoms with Gasteiger partial charge in [-0.2, -0.15) is 0 Å². The van der Waals surface area contributed by atoms with E-state index in [4.69, 9.17) is 26.1 Å². The lowest BCUT2D eigenvalue weighted by Crippen LogP contribution is -2.46. The van der Waals surface area contributed by atoms with Gasteiger partial charge in [0.2, 0.25) is 0 Å². The molecule has 3 aromatic carbocycles. The van der Waals surface area contributed by atoms with Crippen molar-refractivity contribution in [1.29, 1.82) is 0 Å². The van der Waals surface area contributed by atoms with E-state index >= 15 is 0 Å². The summed E-state index contributed by atoms with van der Waals surface area (Å²) in [6.07, 6.45) is 0.264. The van der Waals surface area contributed by atoms with E-state index in [9.17, 15) is 14.4 Å². The van der Waals surface area contributed by atoms with Crippen LogP contribution in [-0.2, 0) is 9.47 Å². The van der Waals surface area contributed by atoms with Gasteiger partial charge in [-0.1, -0.05) is 66.2 Å². The number of benzene rings is 3. The lowest BCUT2D eigenvalue weighted by molar-refractivity contribution is 0.0169. The van der Waals surface area contributed by atoms with E-state index in [1.54, 1.807) is 34.6 Å². The minimum Gasteiger partial charge on any atom is -0.449 e. The fourth-order valence-corrected chi connectivity index (χ4v) is 6.67. The molecule has 2 aliphatic rings. The van der Waals surface area contributed by atoms with Gasteiger partial charge < -0.3 is 19.7 Å². The number of aromatic nitrogens is 2. The summed E-state index contributed by atoms with van der Waals surface area (Å²) in [5, 5.41) is 3.49. The van der Waals surface area contributed by atoms with Crippen molar-refractivity contribution in [3.05, 3.63) is 99.1 Å². The van der Waals surface area contributed by atoms with E-state index < -0.39 is 29.9 Å². The van der Waals surface area contributed by atoms with Crippen LogP contribution in [0.1, 0.15) is 75.5 Å². The Kier molecular flexibility index (Phi) is 8.31. The lowest BCUT2D eigenvalue weighted by Gasteiger charge is -2.36. The number of fused-ring (bicyclic) bond motifs is 4. The Balaban J connectivity index is 1.26. The third kappa shape index (κ3) is 6.14. The fraction of sp³-hybridized carbons (Fsp3) is 0.371. The predicted octanol–water partition coefficient (Wildman–Crippen LogP) is 7.22. The zero-order valence-electron chi connectivity index (χ0n) is 25.9. The maximum absolute atomic E-state index is 14.1. The van der Waals surface area contributed by atoms with Gasteiger partial charge in [-0.25, -0.2) is 14.6 Å². The van der Waals surface area contributed by atoms with Gasteiger partial charge in [-0.3, -0.25) is 9.36 Å². The van der Waals surface area contributed by atoms with E-state index in [2.05, 4.69) is 29.6 Å². The van der Waals surface area contributed by atoms with Gasteiger partial charge in [0.15, 0.2) is 0 Å². The Hall–Kier alpha value is -4.37. The van der Waals surface area contributed by atoms with Crippen LogP contribution in [0, 0.1) is 0 Å². The number of amides is 2. The third-order valence-corrected chi connectivity index (χ3v) is 8.70. The first kappa shape index (κ1) is 30.6. The molecular weight excluding hydrogens is 592 g/mol. The molecule has 2 amide bonds. The quantitative estimate of drug-likeness (QED) is 0.250.